The fraction of sp³-hybridized carbons (Fsp3) is 0.143. The zero-order chi connectivity index (χ0) is 16.6. The van der Waals surface area contributed by atoms with E-state index in [0.717, 1.165) is 0 Å². The quantitative estimate of drug-likeness (QED) is 0.292. The van der Waals surface area contributed by atoms with Gasteiger partial charge in [-0.3, -0.25) is 10.7 Å². The number of nitrogen functional groups attached to an aromatic ring is 1. The Morgan fingerprint density at radius 2 is 2.22 bits per heavy atom. The number of aliphatic imine (C=N–C) groups is 1. The second kappa shape index (κ2) is 5.98. The average Bonchev–Trinajstić information content (AvgIpc) is 2.92. The average molecular weight is 340 g/mol. The van der Waals surface area contributed by atoms with Crippen molar-refractivity contribution in [3.8, 4) is 0 Å². The number of nitrogens with one attached hydrogen (secondary N) is 2. The molecule has 1 atom stereocenters. The Kier molecular flexibility index (Phi) is 4.01. The first-order valence-corrected chi connectivity index (χ1v) is 7.06. The van der Waals surface area contributed by atoms with Crippen LogP contribution < -0.4 is 11.2 Å². The number of hydroxylamine groups is 1. The number of nitrogens with two attached hydrogens (primary N) is 1. The van der Waals surface area contributed by atoms with Gasteiger partial charge in [-0.05, 0) is 24.3 Å². The number of fused-ring (bicyclic) bond motifs is 1. The maximum atomic E-state index is 13.8. The summed E-state index contributed by atoms with van der Waals surface area (Å²) in [5, 5.41) is 8.56. The minimum absolute atomic E-state index is 0.0294. The number of hydrogen-bond acceptors (Lipinski definition) is 4. The summed E-state index contributed by atoms with van der Waals surface area (Å²) in [5.74, 6) is -0.942. The van der Waals surface area contributed by atoms with Crippen molar-refractivity contribution in [3.05, 3.63) is 47.2 Å². The first-order valence-electron chi connectivity index (χ1n) is 6.62. The van der Waals surface area contributed by atoms with Gasteiger partial charge in [-0.1, -0.05) is 0 Å². The molecule has 0 saturated carbocycles. The van der Waals surface area contributed by atoms with Crippen molar-refractivity contribution in [1.82, 2.24) is 15.4 Å². The van der Waals surface area contributed by atoms with Gasteiger partial charge in [-0.25, -0.2) is 18.8 Å². The van der Waals surface area contributed by atoms with Gasteiger partial charge in [0.2, 0.25) is 0 Å². The smallest absolute Gasteiger partial charge is 0.198 e. The highest BCUT2D eigenvalue weighted by molar-refractivity contribution is 6.22. The second-order valence-electron chi connectivity index (χ2n) is 4.89. The van der Waals surface area contributed by atoms with Gasteiger partial charge in [0.15, 0.2) is 17.6 Å². The van der Waals surface area contributed by atoms with Gasteiger partial charge in [-0.15, -0.1) is 11.6 Å². The molecule has 0 bridgehead atoms. The molecule has 1 aromatic carbocycles. The van der Waals surface area contributed by atoms with E-state index in [9.17, 15) is 14.0 Å². The number of anilines is 1. The molecular formula is C14H12ClF2N5O. The number of aromatic nitrogens is 2. The number of H-pyrrole nitrogens is 1. The Hall–Kier alpha value is -2.45. The van der Waals surface area contributed by atoms with Crippen LogP contribution in [0.5, 0.6) is 0 Å². The minimum atomic E-state index is -0.810. The van der Waals surface area contributed by atoms with Crippen molar-refractivity contribution >= 4 is 34.4 Å². The third-order valence-corrected chi connectivity index (χ3v) is 3.72. The van der Waals surface area contributed by atoms with Crippen LogP contribution in [-0.4, -0.2) is 26.4 Å². The molecule has 0 spiro atoms. The van der Waals surface area contributed by atoms with E-state index >= 15 is 0 Å². The first kappa shape index (κ1) is 15.4. The normalized spacial score (nSPS) is 18.8. The number of amidine groups is 1. The number of halogens is 3. The van der Waals surface area contributed by atoms with Gasteiger partial charge in [0.05, 0.1) is 10.9 Å². The Labute approximate surface area is 134 Å². The highest BCUT2D eigenvalue weighted by Crippen LogP contribution is 2.27. The van der Waals surface area contributed by atoms with E-state index in [1.807, 2.05) is 5.48 Å². The molecule has 1 unspecified atom stereocenters. The SMILES string of the molecule is Nc1nc2c(F)ccc(C(=NC3=CC=C(F)C(Cl)C3)NO)c2[nH]1. The van der Waals surface area contributed by atoms with E-state index in [2.05, 4.69) is 15.0 Å². The van der Waals surface area contributed by atoms with Crippen LogP contribution in [0.4, 0.5) is 14.7 Å². The summed E-state index contributed by atoms with van der Waals surface area (Å²) in [7, 11) is 0. The van der Waals surface area contributed by atoms with E-state index in [4.69, 9.17) is 17.3 Å². The van der Waals surface area contributed by atoms with E-state index in [-0.39, 0.29) is 29.2 Å². The number of nitrogens with zero attached hydrogens (tertiary/aromatic N) is 2. The molecule has 0 fully saturated rings. The minimum Gasteiger partial charge on any atom is -0.369 e. The Bertz CT molecular complexity index is 858. The standard InChI is InChI=1S/C14H12ClF2N5O/c15-8-5-6(1-3-9(8)16)19-13(22-23)7-2-4-10(17)12-11(7)20-14(18)21-12/h1-4,8,23H,5H2,(H,19,22)(H3,18,20,21). The molecule has 0 aliphatic heterocycles. The van der Waals surface area contributed by atoms with Crippen LogP contribution in [0.25, 0.3) is 11.0 Å². The molecule has 1 heterocycles. The Morgan fingerprint density at radius 1 is 1.43 bits per heavy atom. The van der Waals surface area contributed by atoms with Crippen LogP contribution in [0, 0.1) is 5.82 Å². The fourth-order valence-corrected chi connectivity index (χ4v) is 2.51. The number of allylic oxidation sites excluding steroid dienone is 4. The monoisotopic (exact) mass is 339 g/mol. The van der Waals surface area contributed by atoms with Gasteiger partial charge in [0.1, 0.15) is 11.3 Å². The van der Waals surface area contributed by atoms with Crippen LogP contribution >= 0.6 is 11.6 Å². The Morgan fingerprint density at radius 3 is 2.91 bits per heavy atom. The highest BCUT2D eigenvalue weighted by Gasteiger charge is 2.19. The van der Waals surface area contributed by atoms with E-state index < -0.39 is 17.0 Å². The number of imidazole rings is 1. The summed E-state index contributed by atoms with van der Waals surface area (Å²) in [6.45, 7) is 0. The van der Waals surface area contributed by atoms with Crippen LogP contribution in [0.1, 0.15) is 12.0 Å². The molecule has 1 aliphatic rings. The molecule has 0 radical (unpaired) electrons. The van der Waals surface area contributed by atoms with Crippen LogP contribution in [0.15, 0.2) is 40.8 Å². The van der Waals surface area contributed by atoms with Gasteiger partial charge in [0.25, 0.3) is 0 Å². The maximum absolute atomic E-state index is 13.8. The molecule has 9 heteroatoms. The van der Waals surface area contributed by atoms with Crippen LogP contribution in [-0.2, 0) is 0 Å². The molecule has 0 amide bonds. The summed E-state index contributed by atoms with van der Waals surface area (Å²) in [6, 6.07) is 2.60. The summed E-state index contributed by atoms with van der Waals surface area (Å²) in [6.07, 6.45) is 2.82. The topological polar surface area (TPSA) is 99.3 Å². The predicted octanol–water partition coefficient (Wildman–Crippen LogP) is 2.76. The largest absolute Gasteiger partial charge is 0.369 e. The molecule has 3 rings (SSSR count). The van der Waals surface area contributed by atoms with Crippen molar-refractivity contribution in [2.45, 2.75) is 11.8 Å². The van der Waals surface area contributed by atoms with Gasteiger partial charge < -0.3 is 10.7 Å². The zero-order valence-electron chi connectivity index (χ0n) is 11.6. The fourth-order valence-electron chi connectivity index (χ4n) is 2.28. The lowest BCUT2D eigenvalue weighted by atomic mass is 10.1. The maximum Gasteiger partial charge on any atom is 0.198 e. The summed E-state index contributed by atoms with van der Waals surface area (Å²) in [5.41, 5.74) is 8.63. The second-order valence-corrected chi connectivity index (χ2v) is 5.42. The lowest BCUT2D eigenvalue weighted by Gasteiger charge is -2.13. The number of aromatic amines is 1. The lowest BCUT2D eigenvalue weighted by molar-refractivity contribution is 0.235. The van der Waals surface area contributed by atoms with Gasteiger partial charge in [-0.2, -0.15) is 0 Å². The molecule has 2 aromatic rings. The van der Waals surface area contributed by atoms with Crippen LogP contribution in [0.2, 0.25) is 0 Å². The molecule has 0 saturated heterocycles. The van der Waals surface area contributed by atoms with Gasteiger partial charge >= 0.3 is 0 Å². The van der Waals surface area contributed by atoms with E-state index in [1.165, 1.54) is 24.3 Å². The van der Waals surface area contributed by atoms with Gasteiger partial charge in [0, 0.05) is 17.7 Å². The molecule has 1 aliphatic carbocycles. The summed E-state index contributed by atoms with van der Waals surface area (Å²) < 4.78 is 27.0. The third kappa shape index (κ3) is 2.90. The van der Waals surface area contributed by atoms with Crippen molar-refractivity contribution in [1.29, 1.82) is 0 Å². The van der Waals surface area contributed by atoms with E-state index in [0.29, 0.717) is 11.3 Å². The zero-order valence-corrected chi connectivity index (χ0v) is 12.4. The van der Waals surface area contributed by atoms with Crippen molar-refractivity contribution in [2.24, 2.45) is 4.99 Å². The van der Waals surface area contributed by atoms with Crippen LogP contribution in [0.3, 0.4) is 0 Å². The van der Waals surface area contributed by atoms with E-state index in [1.54, 1.807) is 0 Å². The van der Waals surface area contributed by atoms with Crippen molar-refractivity contribution in [3.63, 3.8) is 0 Å². The number of hydrogen-bond donors (Lipinski definition) is 4. The number of alkyl halides is 1. The summed E-state index contributed by atoms with van der Waals surface area (Å²) in [4.78, 5) is 10.8. The molecule has 1 aromatic heterocycles. The first-order chi connectivity index (χ1) is 11.0. The Balaban J connectivity index is 2.09. The third-order valence-electron chi connectivity index (χ3n) is 3.35. The molecule has 6 nitrogen and oxygen atoms in total. The number of rotatable bonds is 2. The lowest BCUT2D eigenvalue weighted by Crippen LogP contribution is -2.21. The molecule has 120 valence electrons. The van der Waals surface area contributed by atoms with Crippen molar-refractivity contribution in [2.75, 3.05) is 5.73 Å². The number of benzene rings is 1. The summed E-state index contributed by atoms with van der Waals surface area (Å²) >= 11 is 5.84. The molecular weight excluding hydrogens is 328 g/mol. The molecule has 23 heavy (non-hydrogen) atoms. The predicted molar refractivity (Wildman–Crippen MR) is 83.5 cm³/mol. The molecule has 5 N–H and O–H groups in total. The highest BCUT2D eigenvalue weighted by atomic mass is 35.5. The van der Waals surface area contributed by atoms with Crippen molar-refractivity contribution < 1.29 is 14.0 Å².